The molecule has 1 aliphatic heterocycles. The standard InChI is InChI=1S/C25H25N5O2/c1-17-11-14-29(25(17)32)20-8-9-22(18(2)16-20)30-15-12-23(31)24(28-30)21(10-13-26)27-19-6-4-3-5-7-19/h3-10,12-13,15-17H,11,14,26H2,1-2H3. The Morgan fingerprint density at radius 3 is 2.59 bits per heavy atom. The molecule has 0 saturated carbocycles. The number of carbonyl (C=O) groups excluding carboxylic acids is 1. The fraction of sp³-hybridized carbons (Fsp3) is 0.200. The van der Waals surface area contributed by atoms with Crippen LogP contribution in [-0.4, -0.2) is 27.9 Å². The third-order valence-corrected chi connectivity index (χ3v) is 5.52. The molecule has 1 amide bonds. The molecule has 1 aromatic heterocycles. The summed E-state index contributed by atoms with van der Waals surface area (Å²) in [4.78, 5) is 31.4. The number of aliphatic imine (C=N–C) groups is 1. The Labute approximate surface area is 186 Å². The number of anilines is 1. The van der Waals surface area contributed by atoms with Gasteiger partial charge in [-0.2, -0.15) is 5.10 Å². The topological polar surface area (TPSA) is 93.6 Å². The molecule has 1 saturated heterocycles. The molecule has 1 aliphatic rings. The van der Waals surface area contributed by atoms with E-state index >= 15 is 0 Å². The molecular formula is C25H25N5O2. The molecule has 7 nitrogen and oxygen atoms in total. The van der Waals surface area contributed by atoms with E-state index in [0.29, 0.717) is 11.4 Å². The molecule has 1 atom stereocenters. The average Bonchev–Trinajstić information content (AvgIpc) is 3.13. The maximum Gasteiger partial charge on any atom is 0.229 e. The maximum absolute atomic E-state index is 12.6. The number of amides is 1. The SMILES string of the molecule is Cc1cc(N2CCC(C)C2=O)ccc1-n1ccc(=O)c(C(C=CN)=Nc2ccccc2)n1. The van der Waals surface area contributed by atoms with Gasteiger partial charge in [-0.15, -0.1) is 0 Å². The summed E-state index contributed by atoms with van der Waals surface area (Å²) in [5, 5.41) is 4.56. The van der Waals surface area contributed by atoms with E-state index in [4.69, 9.17) is 5.73 Å². The number of aryl methyl sites for hydroxylation is 1. The van der Waals surface area contributed by atoms with Crippen LogP contribution in [0.4, 0.5) is 11.4 Å². The summed E-state index contributed by atoms with van der Waals surface area (Å²) in [7, 11) is 0. The van der Waals surface area contributed by atoms with Crippen LogP contribution in [0.15, 0.2) is 82.9 Å². The molecule has 7 heteroatoms. The van der Waals surface area contributed by atoms with Crippen molar-refractivity contribution >= 4 is 23.0 Å². The monoisotopic (exact) mass is 427 g/mol. The van der Waals surface area contributed by atoms with Gasteiger partial charge in [0.1, 0.15) is 0 Å². The van der Waals surface area contributed by atoms with Gasteiger partial charge in [-0.3, -0.25) is 9.59 Å². The van der Waals surface area contributed by atoms with Crippen LogP contribution in [0.2, 0.25) is 0 Å². The van der Waals surface area contributed by atoms with Crippen LogP contribution in [0.1, 0.15) is 24.6 Å². The Morgan fingerprint density at radius 1 is 1.16 bits per heavy atom. The predicted octanol–water partition coefficient (Wildman–Crippen LogP) is 3.51. The van der Waals surface area contributed by atoms with E-state index in [1.165, 1.54) is 12.3 Å². The predicted molar refractivity (Wildman–Crippen MR) is 127 cm³/mol. The molecule has 0 radical (unpaired) electrons. The molecule has 1 fully saturated rings. The smallest absolute Gasteiger partial charge is 0.229 e. The second-order valence-electron chi connectivity index (χ2n) is 7.82. The minimum Gasteiger partial charge on any atom is -0.405 e. The number of para-hydroxylation sites is 1. The third kappa shape index (κ3) is 4.23. The van der Waals surface area contributed by atoms with E-state index in [-0.39, 0.29) is 22.9 Å². The molecule has 2 N–H and O–H groups in total. The van der Waals surface area contributed by atoms with E-state index in [1.807, 2.05) is 67.3 Å². The zero-order chi connectivity index (χ0) is 22.7. The lowest BCUT2D eigenvalue weighted by atomic mass is 10.1. The van der Waals surface area contributed by atoms with Crippen LogP contribution in [-0.2, 0) is 4.79 Å². The zero-order valence-corrected chi connectivity index (χ0v) is 18.1. The van der Waals surface area contributed by atoms with Gasteiger partial charge < -0.3 is 10.6 Å². The number of rotatable bonds is 5. The average molecular weight is 428 g/mol. The van der Waals surface area contributed by atoms with Crippen LogP contribution in [0, 0.1) is 12.8 Å². The molecule has 0 bridgehead atoms. The van der Waals surface area contributed by atoms with Crippen LogP contribution < -0.4 is 16.1 Å². The van der Waals surface area contributed by atoms with Crippen molar-refractivity contribution in [3.8, 4) is 5.69 Å². The number of nitrogens with two attached hydrogens (primary N) is 1. The lowest BCUT2D eigenvalue weighted by Crippen LogP contribution is -2.26. The second-order valence-corrected chi connectivity index (χ2v) is 7.82. The second kappa shape index (κ2) is 9.01. The van der Waals surface area contributed by atoms with Gasteiger partial charge in [0, 0.05) is 30.4 Å². The molecule has 0 aliphatic carbocycles. The summed E-state index contributed by atoms with van der Waals surface area (Å²) >= 11 is 0. The first kappa shape index (κ1) is 21.2. The number of nitrogens with zero attached hydrogens (tertiary/aromatic N) is 4. The molecule has 162 valence electrons. The number of benzene rings is 2. The van der Waals surface area contributed by atoms with Gasteiger partial charge in [0.25, 0.3) is 0 Å². The van der Waals surface area contributed by atoms with Gasteiger partial charge >= 0.3 is 0 Å². The lowest BCUT2D eigenvalue weighted by Gasteiger charge is -2.18. The van der Waals surface area contributed by atoms with Crippen molar-refractivity contribution in [3.05, 3.63) is 94.6 Å². The van der Waals surface area contributed by atoms with Gasteiger partial charge in [-0.1, -0.05) is 25.1 Å². The third-order valence-electron chi connectivity index (χ3n) is 5.52. The lowest BCUT2D eigenvalue weighted by molar-refractivity contribution is -0.119. The van der Waals surface area contributed by atoms with Crippen molar-refractivity contribution in [2.45, 2.75) is 20.3 Å². The summed E-state index contributed by atoms with van der Waals surface area (Å²) in [5.41, 5.74) is 9.26. The Kier molecular flexibility index (Phi) is 5.98. The fourth-order valence-electron chi connectivity index (χ4n) is 3.76. The molecule has 1 unspecified atom stereocenters. The highest BCUT2D eigenvalue weighted by molar-refractivity contribution is 6.08. The van der Waals surface area contributed by atoms with Gasteiger partial charge in [0.05, 0.1) is 17.1 Å². The highest BCUT2D eigenvalue weighted by Crippen LogP contribution is 2.27. The molecule has 32 heavy (non-hydrogen) atoms. The van der Waals surface area contributed by atoms with Crippen LogP contribution >= 0.6 is 0 Å². The summed E-state index contributed by atoms with van der Waals surface area (Å²) in [6, 6.07) is 16.6. The first-order valence-corrected chi connectivity index (χ1v) is 10.5. The highest BCUT2D eigenvalue weighted by Gasteiger charge is 2.29. The molecule has 0 spiro atoms. The Bertz CT molecular complexity index is 1260. The number of hydrogen-bond donors (Lipinski definition) is 1. The minimum atomic E-state index is -0.250. The Hall–Kier alpha value is -4.00. The first-order valence-electron chi connectivity index (χ1n) is 10.5. The summed E-state index contributed by atoms with van der Waals surface area (Å²) in [5.74, 6) is 0.201. The van der Waals surface area contributed by atoms with Crippen LogP contribution in [0.5, 0.6) is 0 Å². The summed E-state index contributed by atoms with van der Waals surface area (Å²) in [6.07, 6.45) is 5.40. The summed E-state index contributed by atoms with van der Waals surface area (Å²) in [6.45, 7) is 4.64. The molecular weight excluding hydrogens is 402 g/mol. The van der Waals surface area contributed by atoms with Crippen molar-refractivity contribution in [2.75, 3.05) is 11.4 Å². The quantitative estimate of drug-likeness (QED) is 0.631. The van der Waals surface area contributed by atoms with Gasteiger partial charge in [0.2, 0.25) is 11.3 Å². The zero-order valence-electron chi connectivity index (χ0n) is 18.1. The number of allylic oxidation sites excluding steroid dienone is 1. The number of carbonyl (C=O) groups is 1. The van der Waals surface area contributed by atoms with Crippen molar-refractivity contribution < 1.29 is 4.79 Å². The van der Waals surface area contributed by atoms with Crippen LogP contribution in [0.3, 0.4) is 0 Å². The number of aromatic nitrogens is 2. The van der Waals surface area contributed by atoms with E-state index in [9.17, 15) is 9.59 Å². The van der Waals surface area contributed by atoms with Gasteiger partial charge in [-0.05, 0) is 61.5 Å². The molecule has 4 rings (SSSR count). The fourth-order valence-corrected chi connectivity index (χ4v) is 3.76. The maximum atomic E-state index is 12.6. The number of hydrogen-bond acceptors (Lipinski definition) is 5. The van der Waals surface area contributed by atoms with Gasteiger partial charge in [0.15, 0.2) is 5.69 Å². The van der Waals surface area contributed by atoms with Crippen LogP contribution in [0.25, 0.3) is 5.69 Å². The van der Waals surface area contributed by atoms with E-state index in [1.54, 1.807) is 17.0 Å². The molecule has 3 aromatic rings. The van der Waals surface area contributed by atoms with Crippen molar-refractivity contribution in [1.29, 1.82) is 0 Å². The van der Waals surface area contributed by atoms with Crippen molar-refractivity contribution in [3.63, 3.8) is 0 Å². The highest BCUT2D eigenvalue weighted by atomic mass is 16.2. The Balaban J connectivity index is 1.73. The van der Waals surface area contributed by atoms with E-state index < -0.39 is 0 Å². The largest absolute Gasteiger partial charge is 0.405 e. The van der Waals surface area contributed by atoms with Crippen molar-refractivity contribution in [2.24, 2.45) is 16.6 Å². The van der Waals surface area contributed by atoms with Gasteiger partial charge in [-0.25, -0.2) is 9.67 Å². The van der Waals surface area contributed by atoms with E-state index in [0.717, 1.165) is 29.9 Å². The normalized spacial score (nSPS) is 16.8. The first-order chi connectivity index (χ1) is 15.5. The summed E-state index contributed by atoms with van der Waals surface area (Å²) < 4.78 is 1.65. The molecule has 2 heterocycles. The Morgan fingerprint density at radius 2 is 1.94 bits per heavy atom. The molecule has 2 aromatic carbocycles. The van der Waals surface area contributed by atoms with Crippen molar-refractivity contribution in [1.82, 2.24) is 9.78 Å². The van der Waals surface area contributed by atoms with E-state index in [2.05, 4.69) is 10.1 Å². The minimum absolute atomic E-state index is 0.0519.